The van der Waals surface area contributed by atoms with Crippen LogP contribution in [0.2, 0.25) is 0 Å². The molecule has 0 atom stereocenters. The van der Waals surface area contributed by atoms with Crippen LogP contribution in [-0.2, 0) is 11.3 Å². The van der Waals surface area contributed by atoms with Gasteiger partial charge in [-0.25, -0.2) is 0 Å². The second-order valence-corrected chi connectivity index (χ2v) is 9.48. The number of aromatic nitrogens is 4. The highest BCUT2D eigenvalue weighted by molar-refractivity contribution is 7.71. The maximum atomic E-state index is 13.4. The van der Waals surface area contributed by atoms with Gasteiger partial charge in [0.15, 0.2) is 10.2 Å². The number of fused-ring (bicyclic) bond motifs is 2. The number of carbonyl (C=O) groups is 1. The number of carbonyl (C=O) groups excluding carboxylic acids is 1. The number of likely N-dealkylation sites (tertiary alicyclic amines) is 1. The highest BCUT2D eigenvalue weighted by Crippen LogP contribution is 2.39. The Bertz CT molecular complexity index is 1430. The zero-order chi connectivity index (χ0) is 22.5. The Morgan fingerprint density at radius 3 is 2.18 bits per heavy atom. The summed E-state index contributed by atoms with van der Waals surface area (Å²) in [7, 11) is 0. The molecule has 4 aromatic rings. The molecule has 1 aliphatic carbocycles. The van der Waals surface area contributed by atoms with E-state index in [1.807, 2.05) is 58.0 Å². The molecule has 3 heterocycles. The number of benzene rings is 2. The lowest BCUT2D eigenvalue weighted by molar-refractivity contribution is -0.132. The van der Waals surface area contributed by atoms with Crippen molar-refractivity contribution >= 4 is 39.9 Å². The van der Waals surface area contributed by atoms with E-state index in [-0.39, 0.29) is 17.9 Å². The van der Waals surface area contributed by atoms with Crippen LogP contribution < -0.4 is 5.43 Å². The van der Waals surface area contributed by atoms with Crippen molar-refractivity contribution in [1.82, 2.24) is 24.2 Å². The van der Waals surface area contributed by atoms with E-state index < -0.39 is 0 Å². The molecule has 0 spiro atoms. The number of H-pyrrole nitrogens is 1. The first kappa shape index (κ1) is 20.4. The van der Waals surface area contributed by atoms with Gasteiger partial charge in [-0.15, -0.1) is 0 Å². The molecule has 0 unspecified atom stereocenters. The molecule has 7 nitrogen and oxygen atoms in total. The van der Waals surface area contributed by atoms with Gasteiger partial charge in [-0.2, -0.15) is 5.10 Å². The van der Waals surface area contributed by atoms with Crippen LogP contribution in [0.15, 0.2) is 53.3 Å². The topological polar surface area (TPSA) is 75.9 Å². The van der Waals surface area contributed by atoms with Crippen molar-refractivity contribution in [3.63, 3.8) is 0 Å². The van der Waals surface area contributed by atoms with Gasteiger partial charge in [0.25, 0.3) is 0 Å². The zero-order valence-electron chi connectivity index (χ0n) is 18.2. The van der Waals surface area contributed by atoms with Crippen molar-refractivity contribution in [2.75, 3.05) is 13.1 Å². The molecule has 1 N–H and O–H groups in total. The van der Waals surface area contributed by atoms with Crippen LogP contribution >= 0.6 is 12.2 Å². The summed E-state index contributed by atoms with van der Waals surface area (Å²) in [6, 6.07) is 15.6. The Labute approximate surface area is 195 Å². The molecule has 2 aliphatic rings. The standard InChI is InChI=1S/C25H25N5O2S/c31-22(28-13-11-16(12-14-28)24-26-27-25(33)30(24)17-9-10-17)15-29-20-7-3-1-5-18(20)23(32)19-6-2-4-8-21(19)29/h1-8,16-17H,9-15H2,(H,27,33). The molecule has 0 bridgehead atoms. The highest BCUT2D eigenvalue weighted by atomic mass is 32.1. The van der Waals surface area contributed by atoms with Gasteiger partial charge in [0, 0.05) is 35.8 Å². The van der Waals surface area contributed by atoms with E-state index in [2.05, 4.69) is 14.8 Å². The van der Waals surface area contributed by atoms with Crippen LogP contribution in [0.25, 0.3) is 21.8 Å². The third kappa shape index (κ3) is 3.49. The molecule has 1 amide bonds. The summed E-state index contributed by atoms with van der Waals surface area (Å²) in [5.41, 5.74) is 1.60. The molecule has 2 aromatic heterocycles. The average Bonchev–Trinajstić information content (AvgIpc) is 3.62. The average molecular weight is 460 g/mol. The molecule has 2 aromatic carbocycles. The molecular weight excluding hydrogens is 434 g/mol. The van der Waals surface area contributed by atoms with Crippen molar-refractivity contribution in [2.24, 2.45) is 0 Å². The monoisotopic (exact) mass is 459 g/mol. The van der Waals surface area contributed by atoms with E-state index in [0.29, 0.717) is 40.6 Å². The number of hydrogen-bond donors (Lipinski definition) is 1. The third-order valence-electron chi connectivity index (χ3n) is 7.03. The second kappa shape index (κ2) is 7.95. The van der Waals surface area contributed by atoms with Gasteiger partial charge in [-0.05, 0) is 62.2 Å². The van der Waals surface area contributed by atoms with Crippen molar-refractivity contribution in [3.8, 4) is 0 Å². The normalized spacial score (nSPS) is 17.2. The van der Waals surface area contributed by atoms with Crippen LogP contribution in [0.1, 0.15) is 43.5 Å². The second-order valence-electron chi connectivity index (χ2n) is 9.09. The predicted octanol–water partition coefficient (Wildman–Crippen LogP) is 4.15. The van der Waals surface area contributed by atoms with Gasteiger partial charge < -0.3 is 14.0 Å². The maximum Gasteiger partial charge on any atom is 0.242 e. The minimum absolute atomic E-state index is 0.00907. The SMILES string of the molecule is O=C(Cn1c2ccccc2c(=O)c2ccccc21)N1CCC(c2n[nH]c(=S)n2C2CC2)CC1. The number of piperidine rings is 1. The highest BCUT2D eigenvalue weighted by Gasteiger charge is 2.32. The van der Waals surface area contributed by atoms with E-state index in [1.165, 1.54) is 12.8 Å². The van der Waals surface area contributed by atoms with E-state index in [1.54, 1.807) is 0 Å². The summed E-state index contributed by atoms with van der Waals surface area (Å²) in [4.78, 5) is 28.3. The number of hydrogen-bond acceptors (Lipinski definition) is 4. The van der Waals surface area contributed by atoms with E-state index in [9.17, 15) is 9.59 Å². The summed E-state index contributed by atoms with van der Waals surface area (Å²) < 4.78 is 4.89. The van der Waals surface area contributed by atoms with Gasteiger partial charge >= 0.3 is 0 Å². The number of aromatic amines is 1. The van der Waals surface area contributed by atoms with Gasteiger partial charge in [-0.1, -0.05) is 24.3 Å². The molecule has 0 radical (unpaired) electrons. The molecule has 33 heavy (non-hydrogen) atoms. The Morgan fingerprint density at radius 1 is 0.970 bits per heavy atom. The fourth-order valence-electron chi connectivity index (χ4n) is 5.16. The lowest BCUT2D eigenvalue weighted by Crippen LogP contribution is -2.40. The van der Waals surface area contributed by atoms with Gasteiger partial charge in [0.2, 0.25) is 5.91 Å². The van der Waals surface area contributed by atoms with Crippen molar-refractivity contribution in [1.29, 1.82) is 0 Å². The minimum Gasteiger partial charge on any atom is -0.341 e. The van der Waals surface area contributed by atoms with E-state index in [4.69, 9.17) is 12.2 Å². The number of nitrogens with zero attached hydrogens (tertiary/aromatic N) is 4. The summed E-state index contributed by atoms with van der Waals surface area (Å²) >= 11 is 5.44. The number of para-hydroxylation sites is 2. The lowest BCUT2D eigenvalue weighted by Gasteiger charge is -2.32. The van der Waals surface area contributed by atoms with Crippen molar-refractivity contribution in [3.05, 3.63) is 69.3 Å². The zero-order valence-corrected chi connectivity index (χ0v) is 19.1. The lowest BCUT2D eigenvalue weighted by atomic mass is 9.95. The molecular formula is C25H25N5O2S. The molecule has 8 heteroatoms. The molecule has 1 saturated carbocycles. The largest absolute Gasteiger partial charge is 0.341 e. The number of amides is 1. The van der Waals surface area contributed by atoms with Crippen LogP contribution in [-0.4, -0.2) is 43.2 Å². The van der Waals surface area contributed by atoms with Crippen LogP contribution in [0.3, 0.4) is 0 Å². The van der Waals surface area contributed by atoms with Gasteiger partial charge in [0.05, 0.1) is 11.0 Å². The smallest absolute Gasteiger partial charge is 0.242 e. The summed E-state index contributed by atoms with van der Waals surface area (Å²) in [6.45, 7) is 1.61. The fourth-order valence-corrected chi connectivity index (χ4v) is 5.45. The first-order chi connectivity index (χ1) is 16.1. The molecule has 2 fully saturated rings. The molecule has 1 aliphatic heterocycles. The molecule has 168 valence electrons. The number of pyridine rings is 1. The van der Waals surface area contributed by atoms with Gasteiger partial charge in [0.1, 0.15) is 12.4 Å². The van der Waals surface area contributed by atoms with Crippen LogP contribution in [0.4, 0.5) is 0 Å². The Morgan fingerprint density at radius 2 is 1.58 bits per heavy atom. The Kier molecular flexibility index (Phi) is 4.90. The number of rotatable bonds is 4. The maximum absolute atomic E-state index is 13.4. The summed E-state index contributed by atoms with van der Waals surface area (Å²) in [5, 5.41) is 8.78. The first-order valence-corrected chi connectivity index (χ1v) is 12.0. The van der Waals surface area contributed by atoms with E-state index in [0.717, 1.165) is 29.7 Å². The Balaban J connectivity index is 1.25. The van der Waals surface area contributed by atoms with Gasteiger partial charge in [-0.3, -0.25) is 14.7 Å². The summed E-state index contributed by atoms with van der Waals surface area (Å²) in [6.07, 6.45) is 4.09. The fraction of sp³-hybridized carbons (Fsp3) is 0.360. The van der Waals surface area contributed by atoms with Crippen molar-refractivity contribution < 1.29 is 4.79 Å². The quantitative estimate of drug-likeness (QED) is 0.367. The number of nitrogens with one attached hydrogen (secondary N) is 1. The summed E-state index contributed by atoms with van der Waals surface area (Å²) in [5.74, 6) is 1.44. The van der Waals surface area contributed by atoms with Crippen molar-refractivity contribution in [2.45, 2.75) is 44.2 Å². The minimum atomic E-state index is 0.00907. The predicted molar refractivity (Wildman–Crippen MR) is 130 cm³/mol. The van der Waals surface area contributed by atoms with E-state index >= 15 is 0 Å². The van der Waals surface area contributed by atoms with Crippen LogP contribution in [0.5, 0.6) is 0 Å². The van der Waals surface area contributed by atoms with Crippen LogP contribution in [0, 0.1) is 4.77 Å². The Hall–Kier alpha value is -3.26. The first-order valence-electron chi connectivity index (χ1n) is 11.6. The molecule has 1 saturated heterocycles. The molecule has 6 rings (SSSR count). The third-order valence-corrected chi connectivity index (χ3v) is 7.32.